The van der Waals surface area contributed by atoms with Gasteiger partial charge in [0.2, 0.25) is 0 Å². The molecule has 3 aromatic rings. The van der Waals surface area contributed by atoms with E-state index < -0.39 is 31.2 Å². The third kappa shape index (κ3) is 3.68. The Labute approximate surface area is 206 Å². The Morgan fingerprint density at radius 3 is 2.56 bits per heavy atom. The maximum Gasteiger partial charge on any atom is 0.462 e. The van der Waals surface area contributed by atoms with Gasteiger partial charge in [-0.05, 0) is 40.5 Å². The van der Waals surface area contributed by atoms with Crippen LogP contribution in [0.5, 0.6) is 0 Å². The number of anilines is 1. The molecule has 0 bridgehead atoms. The van der Waals surface area contributed by atoms with Gasteiger partial charge in [-0.3, -0.25) is 9.78 Å². The lowest BCUT2D eigenvalue weighted by Crippen LogP contribution is -2.60. The van der Waals surface area contributed by atoms with Crippen molar-refractivity contribution in [2.75, 3.05) is 37.9 Å². The predicted molar refractivity (Wildman–Crippen MR) is 127 cm³/mol. The van der Waals surface area contributed by atoms with Crippen molar-refractivity contribution in [3.8, 4) is 11.3 Å². The molecule has 0 radical (unpaired) electrons. The summed E-state index contributed by atoms with van der Waals surface area (Å²) in [5.41, 5.74) is 2.13. The number of halogens is 2. The average molecular weight is 511 g/mol. The van der Waals surface area contributed by atoms with E-state index in [2.05, 4.69) is 14.9 Å². The molecule has 5 heterocycles. The molecule has 0 aliphatic carbocycles. The fraction of sp³-hybridized carbons (Fsp3) is 0.320. The molecule has 11 heteroatoms. The van der Waals surface area contributed by atoms with Gasteiger partial charge in [-0.15, -0.1) is 4.67 Å². The van der Waals surface area contributed by atoms with Crippen LogP contribution in [0.2, 0.25) is 0 Å². The molecule has 3 aliphatic rings. The Balaban J connectivity index is 1.37. The van der Waals surface area contributed by atoms with Crippen molar-refractivity contribution in [2.45, 2.75) is 18.7 Å². The first-order valence-corrected chi connectivity index (χ1v) is 13.2. The molecular formula is C25H22F2N4O4P+. The van der Waals surface area contributed by atoms with E-state index in [1.165, 1.54) is 23.5 Å². The Morgan fingerprint density at radius 1 is 1.14 bits per heavy atom. The van der Waals surface area contributed by atoms with E-state index >= 15 is 0 Å². The van der Waals surface area contributed by atoms with Crippen LogP contribution in [0.25, 0.3) is 11.3 Å². The molecule has 1 amide bonds. The van der Waals surface area contributed by atoms with Crippen molar-refractivity contribution < 1.29 is 27.6 Å². The molecule has 6 rings (SSSR count). The number of carbonyl (C=O) groups excluding carboxylic acids is 1. The van der Waals surface area contributed by atoms with Crippen LogP contribution in [0.15, 0.2) is 42.6 Å². The minimum atomic E-state index is -1.95. The zero-order chi connectivity index (χ0) is 25.0. The number of fused-ring (bicyclic) bond motifs is 1. The molecule has 184 valence electrons. The average Bonchev–Trinajstić information content (AvgIpc) is 3.42. The zero-order valence-corrected chi connectivity index (χ0v) is 20.3. The number of amides is 1. The lowest BCUT2D eigenvalue weighted by molar-refractivity contribution is -0.182. The van der Waals surface area contributed by atoms with Crippen molar-refractivity contribution >= 4 is 19.5 Å². The standard InChI is InChI=1S/C25H22F2N4O4P/c1-36(33)31-12-21-22(24(31)32)15(10-20(29-21)23-18(26)3-2-4-19(23)27)9-16-5-6-17(11-28-16)30-7-8-35-25(30)13-34-14-25/h2-6,10-11H,7-9,12-14H2,1H3/q+1. The first-order valence-electron chi connectivity index (χ1n) is 11.5. The zero-order valence-electron chi connectivity index (χ0n) is 19.4. The normalized spacial score (nSPS) is 18.5. The van der Waals surface area contributed by atoms with Crippen LogP contribution in [-0.4, -0.2) is 59.3 Å². The number of hydrogen-bond donors (Lipinski definition) is 0. The Bertz CT molecular complexity index is 1380. The van der Waals surface area contributed by atoms with Gasteiger partial charge >= 0.3 is 7.95 Å². The van der Waals surface area contributed by atoms with Crippen molar-refractivity contribution in [2.24, 2.45) is 0 Å². The number of nitrogens with zero attached hydrogens (tertiary/aromatic N) is 4. The summed E-state index contributed by atoms with van der Waals surface area (Å²) in [5.74, 6) is -1.91. The number of ether oxygens (including phenoxy) is 2. The summed E-state index contributed by atoms with van der Waals surface area (Å²) in [5, 5.41) is 0. The monoisotopic (exact) mass is 511 g/mol. The number of carbonyl (C=O) groups is 1. The van der Waals surface area contributed by atoms with Crippen molar-refractivity contribution in [3.63, 3.8) is 0 Å². The minimum Gasteiger partial charge on any atom is -0.371 e. The SMILES string of the molecule is C[P+](=O)N1Cc2nc(-c3c(F)cccc3F)cc(Cc3ccc(N4CCOC45COC5)cn3)c2C1=O. The van der Waals surface area contributed by atoms with Gasteiger partial charge in [0.05, 0.1) is 54.2 Å². The van der Waals surface area contributed by atoms with Crippen LogP contribution in [0.4, 0.5) is 14.5 Å². The second kappa shape index (κ2) is 8.65. The molecule has 0 N–H and O–H groups in total. The second-order valence-electron chi connectivity index (χ2n) is 9.04. The Morgan fingerprint density at radius 2 is 1.92 bits per heavy atom. The molecule has 2 fully saturated rings. The maximum atomic E-state index is 14.6. The molecule has 8 nitrogen and oxygen atoms in total. The van der Waals surface area contributed by atoms with Crippen LogP contribution in [0.3, 0.4) is 0 Å². The second-order valence-corrected chi connectivity index (χ2v) is 10.4. The lowest BCUT2D eigenvalue weighted by Gasteiger charge is -2.44. The third-order valence-corrected chi connectivity index (χ3v) is 7.81. The number of benzene rings is 1. The highest BCUT2D eigenvalue weighted by molar-refractivity contribution is 7.42. The molecule has 1 spiro atoms. The Kier molecular flexibility index (Phi) is 5.55. The largest absolute Gasteiger partial charge is 0.462 e. The van der Waals surface area contributed by atoms with Crippen LogP contribution < -0.4 is 4.90 Å². The predicted octanol–water partition coefficient (Wildman–Crippen LogP) is 3.90. The first kappa shape index (κ1) is 23.1. The summed E-state index contributed by atoms with van der Waals surface area (Å²) in [6.07, 6.45) is 1.99. The van der Waals surface area contributed by atoms with Gasteiger partial charge in [0.1, 0.15) is 18.2 Å². The van der Waals surface area contributed by atoms with E-state index in [0.717, 1.165) is 24.4 Å². The lowest BCUT2D eigenvalue weighted by atomic mass is 9.98. The van der Waals surface area contributed by atoms with E-state index in [1.54, 1.807) is 6.20 Å². The van der Waals surface area contributed by atoms with Crippen LogP contribution >= 0.6 is 7.95 Å². The molecule has 2 saturated heterocycles. The van der Waals surface area contributed by atoms with E-state index in [-0.39, 0.29) is 24.2 Å². The number of aromatic nitrogens is 2. The first-order chi connectivity index (χ1) is 17.4. The molecule has 2 aromatic heterocycles. The van der Waals surface area contributed by atoms with Crippen molar-refractivity contribution in [3.05, 3.63) is 76.7 Å². The topological polar surface area (TPSA) is 84.9 Å². The summed E-state index contributed by atoms with van der Waals surface area (Å²) in [6.45, 7) is 3.82. The Hall–Kier alpha value is -3.33. The van der Waals surface area contributed by atoms with Gasteiger partial charge < -0.3 is 14.4 Å². The molecular weight excluding hydrogens is 489 g/mol. The highest BCUT2D eigenvalue weighted by Crippen LogP contribution is 2.38. The number of pyridine rings is 2. The highest BCUT2D eigenvalue weighted by Gasteiger charge is 2.49. The molecule has 1 aromatic carbocycles. The summed E-state index contributed by atoms with van der Waals surface area (Å²) in [6, 6.07) is 8.92. The van der Waals surface area contributed by atoms with Gasteiger partial charge in [0, 0.05) is 18.7 Å². The van der Waals surface area contributed by atoms with E-state index in [9.17, 15) is 18.1 Å². The van der Waals surface area contributed by atoms with Crippen LogP contribution in [-0.2, 0) is 27.0 Å². The van der Waals surface area contributed by atoms with Gasteiger partial charge in [-0.25, -0.2) is 13.8 Å². The quantitative estimate of drug-likeness (QED) is 0.481. The van der Waals surface area contributed by atoms with Crippen LogP contribution in [0, 0.1) is 11.6 Å². The smallest absolute Gasteiger partial charge is 0.371 e. The molecule has 3 aliphatic heterocycles. The fourth-order valence-electron chi connectivity index (χ4n) is 4.98. The summed E-state index contributed by atoms with van der Waals surface area (Å²) < 4.78 is 53.8. The molecule has 36 heavy (non-hydrogen) atoms. The van der Waals surface area contributed by atoms with Crippen molar-refractivity contribution in [1.82, 2.24) is 14.6 Å². The van der Waals surface area contributed by atoms with Gasteiger partial charge in [0.25, 0.3) is 5.91 Å². The van der Waals surface area contributed by atoms with Crippen molar-refractivity contribution in [1.29, 1.82) is 0 Å². The fourth-order valence-corrected chi connectivity index (χ4v) is 5.67. The summed E-state index contributed by atoms with van der Waals surface area (Å²) in [4.78, 5) is 24.2. The number of hydrogen-bond acceptors (Lipinski definition) is 7. The van der Waals surface area contributed by atoms with E-state index in [4.69, 9.17) is 9.47 Å². The summed E-state index contributed by atoms with van der Waals surface area (Å²) >= 11 is 0. The minimum absolute atomic E-state index is 0.0161. The molecule has 1 atom stereocenters. The van der Waals surface area contributed by atoms with E-state index in [1.807, 2.05) is 12.1 Å². The van der Waals surface area contributed by atoms with Gasteiger partial charge in [0.15, 0.2) is 12.4 Å². The van der Waals surface area contributed by atoms with Gasteiger partial charge in [-0.1, -0.05) is 6.07 Å². The highest BCUT2D eigenvalue weighted by atomic mass is 31.1. The van der Waals surface area contributed by atoms with Crippen LogP contribution in [0.1, 0.15) is 27.3 Å². The van der Waals surface area contributed by atoms with E-state index in [0.29, 0.717) is 42.3 Å². The summed E-state index contributed by atoms with van der Waals surface area (Å²) in [7, 11) is -1.95. The molecule has 1 unspecified atom stereocenters. The third-order valence-electron chi connectivity index (χ3n) is 6.81. The van der Waals surface area contributed by atoms with Gasteiger partial charge in [-0.2, -0.15) is 0 Å². The number of rotatable bonds is 5. The molecule has 0 saturated carbocycles. The maximum absolute atomic E-state index is 14.6.